The van der Waals surface area contributed by atoms with Crippen molar-refractivity contribution in [1.29, 1.82) is 0 Å². The molecule has 2 rings (SSSR count). The average molecular weight is 312 g/mol. The van der Waals surface area contributed by atoms with Gasteiger partial charge >= 0.3 is 5.69 Å². The molecule has 0 spiro atoms. The summed E-state index contributed by atoms with van der Waals surface area (Å²) in [5, 5.41) is 17.3. The molecular weight excluding hydrogens is 300 g/mol. The first kappa shape index (κ1) is 14.8. The first-order valence-corrected chi connectivity index (χ1v) is 7.25. The van der Waals surface area contributed by atoms with Gasteiger partial charge in [0.2, 0.25) is 5.88 Å². The maximum Gasteiger partial charge on any atom is 0.312 e. The second kappa shape index (κ2) is 5.40. The predicted octanol–water partition coefficient (Wildman–Crippen LogP) is 1.73. The number of hydrogen-bond acceptors (Lipinski definition) is 7. The van der Waals surface area contributed by atoms with Gasteiger partial charge < -0.3 is 9.84 Å². The van der Waals surface area contributed by atoms with E-state index >= 15 is 0 Å². The Balaban J connectivity index is 2.52. The van der Waals surface area contributed by atoms with E-state index in [1.54, 1.807) is 6.92 Å². The fourth-order valence-corrected chi connectivity index (χ4v) is 2.90. The van der Waals surface area contributed by atoms with Crippen LogP contribution in [0.15, 0.2) is 33.7 Å². The van der Waals surface area contributed by atoms with Gasteiger partial charge in [0.15, 0.2) is 4.90 Å². The van der Waals surface area contributed by atoms with Crippen LogP contribution in [0.4, 0.5) is 17.3 Å². The van der Waals surface area contributed by atoms with Gasteiger partial charge in [0.25, 0.3) is 10.0 Å². The zero-order chi connectivity index (χ0) is 15.6. The molecule has 21 heavy (non-hydrogen) atoms. The number of nitrogens with zero attached hydrogens (tertiary/aromatic N) is 2. The third kappa shape index (κ3) is 2.94. The van der Waals surface area contributed by atoms with Gasteiger partial charge in [-0.2, -0.15) is 0 Å². The Morgan fingerprint density at radius 1 is 1.38 bits per heavy atom. The minimum absolute atomic E-state index is 0.0941. The highest BCUT2D eigenvalue weighted by Crippen LogP contribution is 2.32. The van der Waals surface area contributed by atoms with E-state index in [1.807, 2.05) is 0 Å². The summed E-state index contributed by atoms with van der Waals surface area (Å²) < 4.78 is 31.4. The third-order valence-corrected chi connectivity index (χ3v) is 3.98. The van der Waals surface area contributed by atoms with Gasteiger partial charge in [0, 0.05) is 13.1 Å². The van der Waals surface area contributed by atoms with Crippen molar-refractivity contribution >= 4 is 27.3 Å². The van der Waals surface area contributed by atoms with Crippen molar-refractivity contribution < 1.29 is 17.9 Å². The molecule has 112 valence electrons. The molecule has 0 aliphatic heterocycles. The van der Waals surface area contributed by atoms with Crippen molar-refractivity contribution in [2.45, 2.75) is 11.8 Å². The highest BCUT2D eigenvalue weighted by atomic mass is 32.2. The molecule has 1 heterocycles. The minimum atomic E-state index is -4.17. The van der Waals surface area contributed by atoms with Crippen molar-refractivity contribution in [2.24, 2.45) is 0 Å². The smallest absolute Gasteiger partial charge is 0.312 e. The molecule has 1 aromatic heterocycles. The molecule has 0 aliphatic carbocycles. The number of nitro benzene ring substituents is 1. The summed E-state index contributed by atoms with van der Waals surface area (Å²) in [7, 11) is -2.71. The van der Waals surface area contributed by atoms with Crippen LogP contribution in [0.1, 0.15) is 5.69 Å². The van der Waals surface area contributed by atoms with Crippen LogP contribution in [0.2, 0.25) is 0 Å². The maximum atomic E-state index is 12.3. The number of anilines is 2. The Morgan fingerprint density at radius 3 is 2.62 bits per heavy atom. The van der Waals surface area contributed by atoms with Crippen LogP contribution >= 0.6 is 0 Å². The molecule has 0 bridgehead atoms. The van der Waals surface area contributed by atoms with Gasteiger partial charge in [-0.1, -0.05) is 11.2 Å². The number of nitro groups is 1. The summed E-state index contributed by atoms with van der Waals surface area (Å²) in [5.41, 5.74) is 0.0338. The fraction of sp³-hybridized carbons (Fsp3) is 0.182. The van der Waals surface area contributed by atoms with Crippen LogP contribution in [0.5, 0.6) is 0 Å². The Kier molecular flexibility index (Phi) is 3.80. The molecule has 1 aromatic carbocycles. The monoisotopic (exact) mass is 312 g/mol. The van der Waals surface area contributed by atoms with Gasteiger partial charge in [0.1, 0.15) is 5.69 Å². The Bertz CT molecular complexity index is 784. The number of nitrogens with one attached hydrogen (secondary N) is 2. The molecule has 0 fully saturated rings. The molecule has 2 N–H and O–H groups in total. The van der Waals surface area contributed by atoms with Gasteiger partial charge in [-0.15, -0.1) is 0 Å². The summed E-state index contributed by atoms with van der Waals surface area (Å²) in [4.78, 5) is 9.92. The quantitative estimate of drug-likeness (QED) is 0.635. The molecule has 9 nitrogen and oxygen atoms in total. The molecule has 0 saturated heterocycles. The molecule has 0 aliphatic rings. The molecule has 10 heteroatoms. The van der Waals surface area contributed by atoms with E-state index in [0.717, 1.165) is 6.07 Å². The Hall–Kier alpha value is -2.62. The molecule has 0 unspecified atom stereocenters. The predicted molar refractivity (Wildman–Crippen MR) is 74.7 cm³/mol. The molecular formula is C11H12N4O5S. The first-order valence-electron chi connectivity index (χ1n) is 5.76. The van der Waals surface area contributed by atoms with Crippen LogP contribution in [-0.4, -0.2) is 25.5 Å². The van der Waals surface area contributed by atoms with Crippen LogP contribution in [-0.2, 0) is 10.0 Å². The van der Waals surface area contributed by atoms with Gasteiger partial charge in [-0.05, 0) is 19.1 Å². The van der Waals surface area contributed by atoms with E-state index in [-0.39, 0.29) is 11.6 Å². The van der Waals surface area contributed by atoms with E-state index in [2.05, 4.69) is 15.2 Å². The van der Waals surface area contributed by atoms with E-state index in [0.29, 0.717) is 5.69 Å². The summed E-state index contributed by atoms with van der Waals surface area (Å²) in [6.07, 6.45) is 0. The fourth-order valence-electron chi connectivity index (χ4n) is 1.73. The third-order valence-electron chi connectivity index (χ3n) is 2.60. The number of benzene rings is 1. The largest absolute Gasteiger partial charge is 0.383 e. The van der Waals surface area contributed by atoms with E-state index in [4.69, 9.17) is 4.52 Å². The van der Waals surface area contributed by atoms with Gasteiger partial charge in [-0.25, -0.2) is 13.1 Å². The lowest BCUT2D eigenvalue weighted by atomic mass is 10.3. The van der Waals surface area contributed by atoms with Crippen LogP contribution in [0, 0.1) is 17.0 Å². The number of rotatable bonds is 5. The summed E-state index contributed by atoms with van der Waals surface area (Å²) in [5.74, 6) is -0.114. The second-order valence-corrected chi connectivity index (χ2v) is 5.75. The minimum Gasteiger partial charge on any atom is -0.383 e. The van der Waals surface area contributed by atoms with Crippen molar-refractivity contribution in [2.75, 3.05) is 17.1 Å². The average Bonchev–Trinajstić information content (AvgIpc) is 2.82. The van der Waals surface area contributed by atoms with E-state index < -0.39 is 25.5 Å². The lowest BCUT2D eigenvalue weighted by molar-refractivity contribution is -0.386. The van der Waals surface area contributed by atoms with Gasteiger partial charge in [-0.3, -0.25) is 10.1 Å². The SMILES string of the molecule is CNc1cccc(S(=O)(=O)Nc2cc(C)no2)c1[N+](=O)[O-]. The number of aromatic nitrogens is 1. The number of hydrogen-bond donors (Lipinski definition) is 2. The zero-order valence-electron chi connectivity index (χ0n) is 11.2. The topological polar surface area (TPSA) is 127 Å². The summed E-state index contributed by atoms with van der Waals surface area (Å²) in [6, 6.07) is 5.32. The van der Waals surface area contributed by atoms with Crippen molar-refractivity contribution in [1.82, 2.24) is 5.16 Å². The molecule has 0 amide bonds. The molecule has 0 radical (unpaired) electrons. The Labute approximate surface area is 120 Å². The van der Waals surface area contributed by atoms with Crippen LogP contribution in [0.25, 0.3) is 0 Å². The van der Waals surface area contributed by atoms with E-state index in [1.165, 1.54) is 25.2 Å². The van der Waals surface area contributed by atoms with Crippen molar-refractivity contribution in [3.05, 3.63) is 40.1 Å². The summed E-state index contributed by atoms with van der Waals surface area (Å²) >= 11 is 0. The Morgan fingerprint density at radius 2 is 2.10 bits per heavy atom. The molecule has 0 atom stereocenters. The lowest BCUT2D eigenvalue weighted by Crippen LogP contribution is -2.15. The molecule has 2 aromatic rings. The number of para-hydroxylation sites is 1. The number of sulfonamides is 1. The van der Waals surface area contributed by atoms with E-state index in [9.17, 15) is 18.5 Å². The van der Waals surface area contributed by atoms with Gasteiger partial charge in [0.05, 0.1) is 10.6 Å². The second-order valence-electron chi connectivity index (χ2n) is 4.10. The maximum absolute atomic E-state index is 12.3. The van der Waals surface area contributed by atoms with Crippen LogP contribution < -0.4 is 10.0 Å². The number of aryl methyl sites for hydroxylation is 1. The van der Waals surface area contributed by atoms with Crippen LogP contribution in [0.3, 0.4) is 0 Å². The molecule has 0 saturated carbocycles. The zero-order valence-corrected chi connectivity index (χ0v) is 12.0. The van der Waals surface area contributed by atoms with Crippen molar-refractivity contribution in [3.63, 3.8) is 0 Å². The summed E-state index contributed by atoms with van der Waals surface area (Å²) in [6.45, 7) is 1.62. The first-order chi connectivity index (χ1) is 9.85. The highest BCUT2D eigenvalue weighted by molar-refractivity contribution is 7.92. The highest BCUT2D eigenvalue weighted by Gasteiger charge is 2.29. The lowest BCUT2D eigenvalue weighted by Gasteiger charge is -2.08. The normalized spacial score (nSPS) is 11.1. The standard InChI is InChI=1S/C11H12N4O5S/c1-7-6-10(20-13-7)14-21(18,19)9-5-3-4-8(12-2)11(9)15(16)17/h3-6,12,14H,1-2H3. The van der Waals surface area contributed by atoms with Crippen molar-refractivity contribution in [3.8, 4) is 0 Å².